The first-order chi connectivity index (χ1) is 12.1. The molecular weight excluding hydrogens is 322 g/mol. The van der Waals surface area contributed by atoms with E-state index in [1.807, 2.05) is 6.07 Å². The van der Waals surface area contributed by atoms with Gasteiger partial charge < -0.3 is 19.4 Å². The summed E-state index contributed by atoms with van der Waals surface area (Å²) in [6, 6.07) is 7.17. The van der Waals surface area contributed by atoms with E-state index in [9.17, 15) is 9.59 Å². The third-order valence-corrected chi connectivity index (χ3v) is 4.01. The number of carbonyl (C=O) groups is 2. The minimum absolute atomic E-state index is 0.0436. The van der Waals surface area contributed by atoms with Gasteiger partial charge in [0.2, 0.25) is 11.8 Å². The van der Waals surface area contributed by atoms with Gasteiger partial charge in [-0.25, -0.2) is 0 Å². The van der Waals surface area contributed by atoms with E-state index >= 15 is 0 Å². The van der Waals surface area contributed by atoms with Crippen molar-refractivity contribution in [2.24, 2.45) is 0 Å². The lowest BCUT2D eigenvalue weighted by molar-refractivity contribution is -0.130. The van der Waals surface area contributed by atoms with E-state index in [0.29, 0.717) is 31.1 Å². The van der Waals surface area contributed by atoms with Crippen molar-refractivity contribution in [2.75, 3.05) is 13.1 Å². The van der Waals surface area contributed by atoms with Crippen molar-refractivity contribution in [3.05, 3.63) is 48.2 Å². The predicted octanol–water partition coefficient (Wildman–Crippen LogP) is 1.53. The van der Waals surface area contributed by atoms with Crippen molar-refractivity contribution in [2.45, 2.75) is 32.4 Å². The quantitative estimate of drug-likeness (QED) is 0.860. The second-order valence-corrected chi connectivity index (χ2v) is 6.02. The third kappa shape index (κ3) is 4.82. The van der Waals surface area contributed by atoms with E-state index in [1.54, 1.807) is 35.6 Å². The lowest BCUT2D eigenvalue weighted by Gasteiger charge is -2.17. The standard InChI is InChI=1S/C18H21N3O4/c1-13(22)20-11-14-9-16(4-6-19-14)25-17-5-7-21(12-17)18(23)10-15-3-2-8-24-15/h2-4,6,8-9,17H,5,7,10-12H2,1H3,(H,20,22). The van der Waals surface area contributed by atoms with Gasteiger partial charge in [-0.1, -0.05) is 0 Å². The molecule has 2 amide bonds. The Morgan fingerprint density at radius 2 is 2.32 bits per heavy atom. The van der Waals surface area contributed by atoms with Gasteiger partial charge in [0.25, 0.3) is 0 Å². The topological polar surface area (TPSA) is 84.7 Å². The highest BCUT2D eigenvalue weighted by Gasteiger charge is 2.28. The van der Waals surface area contributed by atoms with Gasteiger partial charge in [-0.3, -0.25) is 14.6 Å². The number of amides is 2. The Balaban J connectivity index is 1.51. The second kappa shape index (κ2) is 7.83. The molecule has 1 unspecified atom stereocenters. The van der Waals surface area contributed by atoms with Crippen LogP contribution in [0, 0.1) is 0 Å². The zero-order chi connectivity index (χ0) is 17.6. The van der Waals surface area contributed by atoms with E-state index in [2.05, 4.69) is 10.3 Å². The Labute approximate surface area is 146 Å². The largest absolute Gasteiger partial charge is 0.488 e. The van der Waals surface area contributed by atoms with Gasteiger partial charge in [0.1, 0.15) is 17.6 Å². The first kappa shape index (κ1) is 17.0. The molecule has 0 bridgehead atoms. The number of pyridine rings is 1. The summed E-state index contributed by atoms with van der Waals surface area (Å²) in [4.78, 5) is 29.3. The predicted molar refractivity (Wildman–Crippen MR) is 89.8 cm³/mol. The van der Waals surface area contributed by atoms with E-state index in [1.165, 1.54) is 6.92 Å². The van der Waals surface area contributed by atoms with Crippen LogP contribution in [0.4, 0.5) is 0 Å². The number of hydrogen-bond acceptors (Lipinski definition) is 5. The van der Waals surface area contributed by atoms with Crippen LogP contribution in [-0.2, 0) is 22.6 Å². The molecule has 2 aromatic rings. The highest BCUT2D eigenvalue weighted by atomic mass is 16.5. The van der Waals surface area contributed by atoms with E-state index < -0.39 is 0 Å². The fourth-order valence-corrected chi connectivity index (χ4v) is 2.76. The molecule has 1 saturated heterocycles. The molecule has 0 saturated carbocycles. The average molecular weight is 343 g/mol. The molecule has 1 N–H and O–H groups in total. The van der Waals surface area contributed by atoms with Gasteiger partial charge in [-0.15, -0.1) is 0 Å². The maximum Gasteiger partial charge on any atom is 0.230 e. The van der Waals surface area contributed by atoms with Crippen LogP contribution < -0.4 is 10.1 Å². The normalized spacial score (nSPS) is 16.7. The lowest BCUT2D eigenvalue weighted by Crippen LogP contribution is -2.32. The molecule has 7 heteroatoms. The zero-order valence-electron chi connectivity index (χ0n) is 14.1. The summed E-state index contributed by atoms with van der Waals surface area (Å²) in [5.74, 6) is 1.31. The minimum atomic E-state index is -0.102. The van der Waals surface area contributed by atoms with Crippen LogP contribution in [0.2, 0.25) is 0 Å². The maximum atomic E-state index is 12.3. The molecule has 3 rings (SSSR count). The van der Waals surface area contributed by atoms with Crippen LogP contribution in [0.1, 0.15) is 24.8 Å². The molecule has 1 atom stereocenters. The average Bonchev–Trinajstić information content (AvgIpc) is 3.25. The molecule has 2 aromatic heterocycles. The molecule has 1 fully saturated rings. The van der Waals surface area contributed by atoms with E-state index in [4.69, 9.17) is 9.15 Å². The number of aromatic nitrogens is 1. The molecule has 0 radical (unpaired) electrons. The van der Waals surface area contributed by atoms with Gasteiger partial charge in [0.05, 0.1) is 31.5 Å². The summed E-state index contributed by atoms with van der Waals surface area (Å²) >= 11 is 0. The van der Waals surface area contributed by atoms with Crippen molar-refractivity contribution in [3.63, 3.8) is 0 Å². The highest BCUT2D eigenvalue weighted by molar-refractivity contribution is 5.78. The summed E-state index contributed by atoms with van der Waals surface area (Å²) in [5.41, 5.74) is 0.733. The summed E-state index contributed by atoms with van der Waals surface area (Å²) in [7, 11) is 0. The molecular formula is C18H21N3O4. The summed E-state index contributed by atoms with van der Waals surface area (Å²) in [6.45, 7) is 3.06. The van der Waals surface area contributed by atoms with Crippen LogP contribution >= 0.6 is 0 Å². The smallest absolute Gasteiger partial charge is 0.230 e. The molecule has 25 heavy (non-hydrogen) atoms. The Morgan fingerprint density at radius 1 is 1.44 bits per heavy atom. The van der Waals surface area contributed by atoms with Crippen LogP contribution in [0.15, 0.2) is 41.1 Å². The van der Waals surface area contributed by atoms with Crippen molar-refractivity contribution in [1.29, 1.82) is 0 Å². The van der Waals surface area contributed by atoms with Crippen molar-refractivity contribution in [3.8, 4) is 5.75 Å². The highest BCUT2D eigenvalue weighted by Crippen LogP contribution is 2.19. The van der Waals surface area contributed by atoms with Gasteiger partial charge in [0, 0.05) is 32.2 Å². The Hall–Kier alpha value is -2.83. The number of likely N-dealkylation sites (tertiary alicyclic amines) is 1. The number of nitrogens with one attached hydrogen (secondary N) is 1. The number of nitrogens with zero attached hydrogens (tertiary/aromatic N) is 2. The third-order valence-electron chi connectivity index (χ3n) is 4.01. The molecule has 1 aliphatic heterocycles. The van der Waals surface area contributed by atoms with Crippen LogP contribution in [0.3, 0.4) is 0 Å². The molecule has 0 aliphatic carbocycles. The Bertz CT molecular complexity index is 730. The number of carbonyl (C=O) groups excluding carboxylic acids is 2. The first-order valence-electron chi connectivity index (χ1n) is 8.26. The number of hydrogen-bond donors (Lipinski definition) is 1. The monoisotopic (exact) mass is 343 g/mol. The Morgan fingerprint density at radius 3 is 3.08 bits per heavy atom. The SMILES string of the molecule is CC(=O)NCc1cc(OC2CCN(C(=O)Cc3ccco3)C2)ccn1. The fourth-order valence-electron chi connectivity index (χ4n) is 2.76. The number of ether oxygens (including phenoxy) is 1. The Kier molecular flexibility index (Phi) is 5.33. The molecule has 1 aliphatic rings. The van der Waals surface area contributed by atoms with Crippen LogP contribution in [0.25, 0.3) is 0 Å². The fraction of sp³-hybridized carbons (Fsp3) is 0.389. The van der Waals surface area contributed by atoms with Gasteiger partial charge in [0.15, 0.2) is 0 Å². The summed E-state index contributed by atoms with van der Waals surface area (Å²) in [5, 5.41) is 2.71. The number of rotatable bonds is 6. The summed E-state index contributed by atoms with van der Waals surface area (Å²) < 4.78 is 11.2. The molecule has 132 valence electrons. The van der Waals surface area contributed by atoms with Crippen molar-refractivity contribution < 1.29 is 18.7 Å². The molecule has 7 nitrogen and oxygen atoms in total. The first-order valence-corrected chi connectivity index (χ1v) is 8.26. The van der Waals surface area contributed by atoms with E-state index in [0.717, 1.165) is 12.1 Å². The number of furan rings is 1. The van der Waals surface area contributed by atoms with Crippen LogP contribution in [0.5, 0.6) is 5.75 Å². The zero-order valence-corrected chi connectivity index (χ0v) is 14.1. The molecule has 0 spiro atoms. The molecule has 0 aromatic carbocycles. The second-order valence-electron chi connectivity index (χ2n) is 6.02. The van der Waals surface area contributed by atoms with Crippen LogP contribution in [-0.4, -0.2) is 40.9 Å². The lowest BCUT2D eigenvalue weighted by atomic mass is 10.3. The summed E-state index contributed by atoms with van der Waals surface area (Å²) in [6.07, 6.45) is 4.24. The van der Waals surface area contributed by atoms with Gasteiger partial charge in [-0.2, -0.15) is 0 Å². The van der Waals surface area contributed by atoms with Crippen molar-refractivity contribution >= 4 is 11.8 Å². The van der Waals surface area contributed by atoms with Crippen molar-refractivity contribution in [1.82, 2.24) is 15.2 Å². The minimum Gasteiger partial charge on any atom is -0.488 e. The van der Waals surface area contributed by atoms with Gasteiger partial charge in [-0.05, 0) is 18.2 Å². The van der Waals surface area contributed by atoms with E-state index in [-0.39, 0.29) is 24.3 Å². The maximum absolute atomic E-state index is 12.3. The van der Waals surface area contributed by atoms with Gasteiger partial charge >= 0.3 is 0 Å². The molecule has 3 heterocycles.